The first-order valence-electron chi connectivity index (χ1n) is 10.4. The standard InChI is InChI=1S/C22H20FN7O3/c1-24-21(32)11-2-5-16(15(23)7-11)27-17-9-18(26-14-3-4-14)30-20(28-17)13(10-25-30)6-12-8-19(31)29-22(12)33/h2,5-7,9-10,14,26H,3-4,8H2,1H3,(H,24,32)(H,27,28)(H,29,31,33)/b12-6+. The van der Waals surface area contributed by atoms with Crippen molar-refractivity contribution < 1.29 is 18.8 Å². The number of carbonyl (C=O) groups is 3. The summed E-state index contributed by atoms with van der Waals surface area (Å²) in [6, 6.07) is 6.15. The Hall–Kier alpha value is -4.28. The Morgan fingerprint density at radius 2 is 2.09 bits per heavy atom. The largest absolute Gasteiger partial charge is 0.367 e. The number of halogens is 1. The van der Waals surface area contributed by atoms with Crippen molar-refractivity contribution in [2.24, 2.45) is 0 Å². The molecule has 0 unspecified atom stereocenters. The lowest BCUT2D eigenvalue weighted by Gasteiger charge is -2.12. The number of hydrogen-bond acceptors (Lipinski definition) is 7. The summed E-state index contributed by atoms with van der Waals surface area (Å²) >= 11 is 0. The highest BCUT2D eigenvalue weighted by molar-refractivity contribution is 6.15. The smallest absolute Gasteiger partial charge is 0.254 e. The Balaban J connectivity index is 1.53. The maximum absolute atomic E-state index is 14.6. The maximum Gasteiger partial charge on any atom is 0.254 e. The van der Waals surface area contributed by atoms with Crippen molar-refractivity contribution in [3.8, 4) is 0 Å². The number of nitrogens with zero attached hydrogens (tertiary/aromatic N) is 3. The molecule has 2 aliphatic rings. The molecule has 0 spiro atoms. The highest BCUT2D eigenvalue weighted by atomic mass is 19.1. The second-order valence-corrected chi connectivity index (χ2v) is 7.90. The second-order valence-electron chi connectivity index (χ2n) is 7.90. The van der Waals surface area contributed by atoms with Gasteiger partial charge in [0.15, 0.2) is 5.65 Å². The second kappa shape index (κ2) is 8.01. The van der Waals surface area contributed by atoms with Crippen LogP contribution in [0.2, 0.25) is 0 Å². The molecule has 0 radical (unpaired) electrons. The van der Waals surface area contributed by atoms with Crippen molar-refractivity contribution in [1.82, 2.24) is 25.2 Å². The minimum absolute atomic E-state index is 0.00973. The first kappa shape index (κ1) is 20.6. The highest BCUT2D eigenvalue weighted by Gasteiger charge is 2.26. The van der Waals surface area contributed by atoms with E-state index in [1.54, 1.807) is 22.9 Å². The zero-order chi connectivity index (χ0) is 23.1. The number of aromatic nitrogens is 3. The third-order valence-corrected chi connectivity index (χ3v) is 5.37. The molecule has 3 heterocycles. The third kappa shape index (κ3) is 4.12. The van der Waals surface area contributed by atoms with Gasteiger partial charge in [0.25, 0.3) is 11.8 Å². The molecule has 5 rings (SSSR count). The van der Waals surface area contributed by atoms with Crippen molar-refractivity contribution in [3.05, 3.63) is 53.0 Å². The molecule has 11 heteroatoms. The summed E-state index contributed by atoms with van der Waals surface area (Å²) in [5, 5.41) is 15.4. The van der Waals surface area contributed by atoms with Crippen molar-refractivity contribution in [2.45, 2.75) is 25.3 Å². The fraction of sp³-hybridized carbons (Fsp3) is 0.227. The normalized spacial score (nSPS) is 16.8. The highest BCUT2D eigenvalue weighted by Crippen LogP contribution is 2.29. The molecular weight excluding hydrogens is 429 g/mol. The van der Waals surface area contributed by atoms with Gasteiger partial charge in [0, 0.05) is 35.9 Å². The number of anilines is 3. The van der Waals surface area contributed by atoms with Crippen LogP contribution in [0.15, 0.2) is 36.0 Å². The Labute approximate surface area is 187 Å². The van der Waals surface area contributed by atoms with Gasteiger partial charge in [-0.2, -0.15) is 9.61 Å². The van der Waals surface area contributed by atoms with E-state index in [1.165, 1.54) is 19.2 Å². The van der Waals surface area contributed by atoms with Gasteiger partial charge in [0.2, 0.25) is 5.91 Å². The number of fused-ring (bicyclic) bond motifs is 1. The van der Waals surface area contributed by atoms with Crippen molar-refractivity contribution in [2.75, 3.05) is 17.7 Å². The zero-order valence-corrected chi connectivity index (χ0v) is 17.6. The SMILES string of the molecule is CNC(=O)c1ccc(Nc2cc(NC3CC3)n3ncc(/C=C4\CC(=O)NC4=O)c3n2)c(F)c1. The number of amides is 3. The van der Waals surface area contributed by atoms with Gasteiger partial charge in [-0.15, -0.1) is 0 Å². The van der Waals surface area contributed by atoms with Crippen LogP contribution in [0.5, 0.6) is 0 Å². The molecule has 2 fully saturated rings. The minimum atomic E-state index is -0.605. The Bertz CT molecular complexity index is 1340. The maximum atomic E-state index is 14.6. The Morgan fingerprint density at radius 1 is 1.27 bits per heavy atom. The molecule has 168 valence electrons. The molecule has 33 heavy (non-hydrogen) atoms. The molecule has 3 amide bonds. The van der Waals surface area contributed by atoms with E-state index < -0.39 is 11.7 Å². The predicted molar refractivity (Wildman–Crippen MR) is 118 cm³/mol. The average molecular weight is 449 g/mol. The van der Waals surface area contributed by atoms with Gasteiger partial charge in [0.1, 0.15) is 17.5 Å². The van der Waals surface area contributed by atoms with Gasteiger partial charge in [-0.3, -0.25) is 19.7 Å². The predicted octanol–water partition coefficient (Wildman–Crippen LogP) is 1.98. The van der Waals surface area contributed by atoms with Gasteiger partial charge in [-0.05, 0) is 37.1 Å². The van der Waals surface area contributed by atoms with E-state index >= 15 is 0 Å². The van der Waals surface area contributed by atoms with Gasteiger partial charge in [0.05, 0.1) is 18.3 Å². The number of nitrogens with one attached hydrogen (secondary N) is 4. The number of carbonyl (C=O) groups excluding carboxylic acids is 3. The molecule has 2 aromatic heterocycles. The summed E-state index contributed by atoms with van der Waals surface area (Å²) in [6.07, 6.45) is 5.19. The van der Waals surface area contributed by atoms with E-state index in [0.717, 1.165) is 18.9 Å². The van der Waals surface area contributed by atoms with Crippen molar-refractivity contribution >= 4 is 46.8 Å². The van der Waals surface area contributed by atoms with E-state index in [-0.39, 0.29) is 29.5 Å². The molecule has 3 aromatic rings. The van der Waals surface area contributed by atoms with Crippen molar-refractivity contribution in [3.63, 3.8) is 0 Å². The lowest BCUT2D eigenvalue weighted by atomic mass is 10.1. The lowest BCUT2D eigenvalue weighted by molar-refractivity contribution is -0.124. The Kier molecular flexibility index (Phi) is 5.00. The zero-order valence-electron chi connectivity index (χ0n) is 17.6. The third-order valence-electron chi connectivity index (χ3n) is 5.37. The summed E-state index contributed by atoms with van der Waals surface area (Å²) in [6.45, 7) is 0. The van der Waals surface area contributed by atoms with Crippen LogP contribution < -0.4 is 21.3 Å². The molecule has 1 aliphatic heterocycles. The van der Waals surface area contributed by atoms with E-state index in [9.17, 15) is 18.8 Å². The molecule has 1 saturated heterocycles. The summed E-state index contributed by atoms with van der Waals surface area (Å²) in [4.78, 5) is 39.8. The molecule has 4 N–H and O–H groups in total. The van der Waals surface area contributed by atoms with E-state index in [4.69, 9.17) is 0 Å². The number of rotatable bonds is 6. The molecule has 10 nitrogen and oxygen atoms in total. The summed E-state index contributed by atoms with van der Waals surface area (Å²) < 4.78 is 16.3. The topological polar surface area (TPSA) is 130 Å². The van der Waals surface area contributed by atoms with Crippen LogP contribution in [0.25, 0.3) is 11.7 Å². The molecule has 1 saturated carbocycles. The van der Waals surface area contributed by atoms with Crippen LogP contribution >= 0.6 is 0 Å². The van der Waals surface area contributed by atoms with E-state index in [0.29, 0.717) is 34.5 Å². The molecule has 0 atom stereocenters. The first-order chi connectivity index (χ1) is 15.9. The van der Waals surface area contributed by atoms with Crippen LogP contribution in [0.4, 0.5) is 21.7 Å². The quantitative estimate of drug-likeness (QED) is 0.334. The fourth-order valence-corrected chi connectivity index (χ4v) is 3.53. The van der Waals surface area contributed by atoms with E-state index in [1.807, 2.05) is 0 Å². The lowest BCUT2D eigenvalue weighted by Crippen LogP contribution is -2.19. The van der Waals surface area contributed by atoms with Crippen LogP contribution in [-0.2, 0) is 9.59 Å². The minimum Gasteiger partial charge on any atom is -0.367 e. The van der Waals surface area contributed by atoms with E-state index in [2.05, 4.69) is 31.3 Å². The summed E-state index contributed by atoms with van der Waals surface area (Å²) in [5.41, 5.74) is 1.66. The van der Waals surface area contributed by atoms with Gasteiger partial charge < -0.3 is 16.0 Å². The fourth-order valence-electron chi connectivity index (χ4n) is 3.53. The van der Waals surface area contributed by atoms with Gasteiger partial charge in [-0.25, -0.2) is 9.37 Å². The first-order valence-corrected chi connectivity index (χ1v) is 10.4. The number of benzene rings is 1. The molecule has 1 aliphatic carbocycles. The molecule has 1 aromatic carbocycles. The summed E-state index contributed by atoms with van der Waals surface area (Å²) in [7, 11) is 1.48. The van der Waals surface area contributed by atoms with Gasteiger partial charge >= 0.3 is 0 Å². The van der Waals surface area contributed by atoms with Crippen LogP contribution in [-0.4, -0.2) is 45.4 Å². The van der Waals surface area contributed by atoms with Crippen LogP contribution in [0.3, 0.4) is 0 Å². The summed E-state index contributed by atoms with van der Waals surface area (Å²) in [5.74, 6) is -0.782. The van der Waals surface area contributed by atoms with Crippen LogP contribution in [0, 0.1) is 5.82 Å². The monoisotopic (exact) mass is 449 g/mol. The number of hydrogen-bond donors (Lipinski definition) is 4. The van der Waals surface area contributed by atoms with Crippen molar-refractivity contribution in [1.29, 1.82) is 0 Å². The molecule has 0 bridgehead atoms. The number of imide groups is 1. The Morgan fingerprint density at radius 3 is 2.76 bits per heavy atom. The average Bonchev–Trinajstić information content (AvgIpc) is 3.43. The van der Waals surface area contributed by atoms with Crippen LogP contribution in [0.1, 0.15) is 35.2 Å². The van der Waals surface area contributed by atoms with Gasteiger partial charge in [-0.1, -0.05) is 0 Å². The molecular formula is C22H20FN7O3.